The Kier molecular flexibility index (Phi) is 3.13. The Bertz CT molecular complexity index is 545. The molecule has 0 aliphatic rings. The van der Waals surface area contributed by atoms with E-state index in [0.29, 0.717) is 5.69 Å². The van der Waals surface area contributed by atoms with E-state index in [1.165, 1.54) is 24.7 Å². The van der Waals surface area contributed by atoms with Gasteiger partial charge in [-0.15, -0.1) is 0 Å². The number of rotatable bonds is 2. The molecule has 2 N–H and O–H groups in total. The molecule has 0 bridgehead atoms. The summed E-state index contributed by atoms with van der Waals surface area (Å²) < 4.78 is 40.2. The Labute approximate surface area is 102 Å². The van der Waals surface area contributed by atoms with Crippen molar-refractivity contribution in [2.45, 2.75) is 12.2 Å². The Balaban J connectivity index is 2.49. The van der Waals surface area contributed by atoms with Crippen molar-refractivity contribution in [2.75, 3.05) is 0 Å². The predicted molar refractivity (Wildman–Crippen MR) is 60.7 cm³/mol. The lowest BCUT2D eigenvalue weighted by Crippen LogP contribution is -2.20. The van der Waals surface area contributed by atoms with Crippen molar-refractivity contribution in [1.29, 1.82) is 0 Å². The summed E-state index contributed by atoms with van der Waals surface area (Å²) in [6.45, 7) is 0. The standard InChI is InChI=1S/C12H12F3N3/c1-18-7-17-6-10(18)11(16)8-4-2-3-5-9(8)12(13,14)15/h2-7,11H,16H2,1H3. The highest BCUT2D eigenvalue weighted by Gasteiger charge is 2.34. The summed E-state index contributed by atoms with van der Waals surface area (Å²) >= 11 is 0. The summed E-state index contributed by atoms with van der Waals surface area (Å²) in [5.41, 5.74) is 5.77. The van der Waals surface area contributed by atoms with Gasteiger partial charge in [-0.3, -0.25) is 0 Å². The molecule has 2 aromatic rings. The van der Waals surface area contributed by atoms with Crippen LogP contribution in [0, 0.1) is 0 Å². The fourth-order valence-corrected chi connectivity index (χ4v) is 1.85. The number of nitrogens with two attached hydrogens (primary N) is 1. The monoisotopic (exact) mass is 255 g/mol. The van der Waals surface area contributed by atoms with Gasteiger partial charge >= 0.3 is 6.18 Å². The lowest BCUT2D eigenvalue weighted by Gasteiger charge is -2.18. The maximum atomic E-state index is 12.9. The fourth-order valence-electron chi connectivity index (χ4n) is 1.85. The minimum Gasteiger partial charge on any atom is -0.336 e. The van der Waals surface area contributed by atoms with Gasteiger partial charge in [-0.2, -0.15) is 13.2 Å². The molecule has 6 heteroatoms. The Morgan fingerprint density at radius 1 is 1.28 bits per heavy atom. The molecule has 3 nitrogen and oxygen atoms in total. The Hall–Kier alpha value is -1.82. The molecule has 0 radical (unpaired) electrons. The summed E-state index contributed by atoms with van der Waals surface area (Å²) in [6, 6.07) is 4.46. The molecule has 1 atom stereocenters. The average Bonchev–Trinajstić information content (AvgIpc) is 2.73. The van der Waals surface area contributed by atoms with Crippen LogP contribution in [0.3, 0.4) is 0 Å². The highest BCUT2D eigenvalue weighted by Crippen LogP contribution is 2.35. The number of halogens is 3. The molecular weight excluding hydrogens is 243 g/mol. The fraction of sp³-hybridized carbons (Fsp3) is 0.250. The van der Waals surface area contributed by atoms with Crippen molar-refractivity contribution < 1.29 is 13.2 Å². The molecular formula is C12H12F3N3. The second kappa shape index (κ2) is 4.45. The van der Waals surface area contributed by atoms with Crippen molar-refractivity contribution in [3.63, 3.8) is 0 Å². The van der Waals surface area contributed by atoms with Crippen LogP contribution in [0.2, 0.25) is 0 Å². The molecule has 0 saturated heterocycles. The van der Waals surface area contributed by atoms with Crippen molar-refractivity contribution in [2.24, 2.45) is 12.8 Å². The van der Waals surface area contributed by atoms with E-state index >= 15 is 0 Å². The zero-order valence-corrected chi connectivity index (χ0v) is 9.65. The molecule has 0 spiro atoms. The van der Waals surface area contributed by atoms with Crippen molar-refractivity contribution >= 4 is 0 Å². The summed E-state index contributed by atoms with van der Waals surface area (Å²) in [7, 11) is 1.69. The Morgan fingerprint density at radius 3 is 2.50 bits per heavy atom. The number of benzene rings is 1. The molecule has 0 aliphatic carbocycles. The second-order valence-corrected chi connectivity index (χ2v) is 3.99. The van der Waals surface area contributed by atoms with E-state index in [2.05, 4.69) is 4.98 Å². The van der Waals surface area contributed by atoms with E-state index in [-0.39, 0.29) is 5.56 Å². The molecule has 1 unspecified atom stereocenters. The first-order valence-electron chi connectivity index (χ1n) is 5.29. The van der Waals surface area contributed by atoms with E-state index < -0.39 is 17.8 Å². The van der Waals surface area contributed by atoms with E-state index in [9.17, 15) is 13.2 Å². The van der Waals surface area contributed by atoms with Crippen molar-refractivity contribution in [3.8, 4) is 0 Å². The lowest BCUT2D eigenvalue weighted by molar-refractivity contribution is -0.138. The largest absolute Gasteiger partial charge is 0.416 e. The van der Waals surface area contributed by atoms with Crippen LogP contribution in [0.5, 0.6) is 0 Å². The average molecular weight is 255 g/mol. The zero-order valence-electron chi connectivity index (χ0n) is 9.65. The molecule has 96 valence electrons. The van der Waals surface area contributed by atoms with Gasteiger partial charge in [-0.05, 0) is 11.6 Å². The molecule has 0 fully saturated rings. The molecule has 0 amide bonds. The number of hydrogen-bond donors (Lipinski definition) is 1. The number of aromatic nitrogens is 2. The molecule has 18 heavy (non-hydrogen) atoms. The van der Waals surface area contributed by atoms with Gasteiger partial charge in [0.25, 0.3) is 0 Å². The van der Waals surface area contributed by atoms with Gasteiger partial charge < -0.3 is 10.3 Å². The molecule has 1 aromatic heterocycles. The van der Waals surface area contributed by atoms with Crippen LogP contribution in [0.25, 0.3) is 0 Å². The molecule has 0 saturated carbocycles. The third kappa shape index (κ3) is 2.24. The van der Waals surface area contributed by atoms with E-state index in [1.807, 2.05) is 0 Å². The van der Waals surface area contributed by atoms with Crippen LogP contribution in [-0.4, -0.2) is 9.55 Å². The molecule has 0 aliphatic heterocycles. The summed E-state index contributed by atoms with van der Waals surface area (Å²) in [5.74, 6) is 0. The van der Waals surface area contributed by atoms with Gasteiger partial charge in [0, 0.05) is 7.05 Å². The summed E-state index contributed by atoms with van der Waals surface area (Å²) in [4.78, 5) is 3.86. The summed E-state index contributed by atoms with van der Waals surface area (Å²) in [6.07, 6.45) is -1.43. The smallest absolute Gasteiger partial charge is 0.336 e. The van der Waals surface area contributed by atoms with Crippen molar-refractivity contribution in [1.82, 2.24) is 9.55 Å². The van der Waals surface area contributed by atoms with Gasteiger partial charge in [0.15, 0.2) is 0 Å². The van der Waals surface area contributed by atoms with Crippen LogP contribution < -0.4 is 5.73 Å². The van der Waals surface area contributed by atoms with Gasteiger partial charge in [-0.1, -0.05) is 18.2 Å². The predicted octanol–water partition coefficient (Wildman–Crippen LogP) is 2.49. The number of nitrogens with zero attached hydrogens (tertiary/aromatic N) is 2. The number of imidazole rings is 1. The van der Waals surface area contributed by atoms with Gasteiger partial charge in [0.05, 0.1) is 29.8 Å². The van der Waals surface area contributed by atoms with Crippen molar-refractivity contribution in [3.05, 3.63) is 53.6 Å². The van der Waals surface area contributed by atoms with Gasteiger partial charge in [-0.25, -0.2) is 4.98 Å². The minimum absolute atomic E-state index is 0.0496. The molecule has 2 rings (SSSR count). The normalized spacial score (nSPS) is 13.6. The maximum Gasteiger partial charge on any atom is 0.416 e. The summed E-state index contributed by atoms with van der Waals surface area (Å²) in [5, 5.41) is 0. The zero-order chi connectivity index (χ0) is 13.3. The highest BCUT2D eigenvalue weighted by molar-refractivity contribution is 5.36. The maximum absolute atomic E-state index is 12.9. The topological polar surface area (TPSA) is 43.8 Å². The number of aryl methyl sites for hydroxylation is 1. The first kappa shape index (κ1) is 12.6. The lowest BCUT2D eigenvalue weighted by atomic mass is 9.98. The van der Waals surface area contributed by atoms with Gasteiger partial charge in [0.1, 0.15) is 0 Å². The van der Waals surface area contributed by atoms with E-state index in [4.69, 9.17) is 5.73 Å². The molecule has 1 aromatic carbocycles. The van der Waals surface area contributed by atoms with Crippen LogP contribution in [0.15, 0.2) is 36.8 Å². The van der Waals surface area contributed by atoms with Crippen LogP contribution in [-0.2, 0) is 13.2 Å². The first-order chi connectivity index (χ1) is 8.41. The van der Waals surface area contributed by atoms with Crippen LogP contribution >= 0.6 is 0 Å². The third-order valence-electron chi connectivity index (χ3n) is 2.77. The molecule has 1 heterocycles. The van der Waals surface area contributed by atoms with Gasteiger partial charge in [0.2, 0.25) is 0 Å². The third-order valence-corrected chi connectivity index (χ3v) is 2.77. The van der Waals surface area contributed by atoms with E-state index in [0.717, 1.165) is 6.07 Å². The quantitative estimate of drug-likeness (QED) is 0.896. The SMILES string of the molecule is Cn1cncc1C(N)c1ccccc1C(F)(F)F. The van der Waals surface area contributed by atoms with E-state index in [1.54, 1.807) is 17.7 Å². The van der Waals surface area contributed by atoms with Crippen LogP contribution in [0.4, 0.5) is 13.2 Å². The Morgan fingerprint density at radius 2 is 1.94 bits per heavy atom. The number of alkyl halides is 3. The first-order valence-corrected chi connectivity index (χ1v) is 5.29. The minimum atomic E-state index is -4.41. The second-order valence-electron chi connectivity index (χ2n) is 3.99. The number of hydrogen-bond acceptors (Lipinski definition) is 2. The highest BCUT2D eigenvalue weighted by atomic mass is 19.4. The van der Waals surface area contributed by atoms with Crippen LogP contribution in [0.1, 0.15) is 22.9 Å².